The molecule has 0 atom stereocenters. The van der Waals surface area contributed by atoms with Gasteiger partial charge in [-0.15, -0.1) is 0 Å². The van der Waals surface area contributed by atoms with Gasteiger partial charge in [-0.1, -0.05) is 0 Å². The molecular weight excluding hydrogens is 208 g/mol. The monoisotopic (exact) mass is 223 g/mol. The minimum Gasteiger partial charge on any atom is -0.481 e. The maximum absolute atomic E-state index is 11.6. The number of aryl methyl sites for hydroxylation is 1. The topological polar surface area (TPSA) is 70.3 Å². The highest BCUT2D eigenvalue weighted by molar-refractivity contribution is 5.93. The van der Waals surface area contributed by atoms with Crippen molar-refractivity contribution in [3.8, 4) is 0 Å². The molecule has 1 aromatic rings. The van der Waals surface area contributed by atoms with Crippen LogP contribution < -0.4 is 9.88 Å². The van der Waals surface area contributed by atoms with E-state index in [0.29, 0.717) is 18.5 Å². The van der Waals surface area contributed by atoms with Crippen LogP contribution in [0.15, 0.2) is 24.5 Å². The van der Waals surface area contributed by atoms with E-state index in [1.165, 1.54) is 0 Å². The van der Waals surface area contributed by atoms with Gasteiger partial charge in [-0.25, -0.2) is 4.57 Å². The lowest BCUT2D eigenvalue weighted by Crippen LogP contribution is -2.31. The summed E-state index contributed by atoms with van der Waals surface area (Å²) in [5.74, 6) is -1.03. The van der Waals surface area contributed by atoms with Gasteiger partial charge in [0.25, 0.3) is 5.91 Å². The third kappa shape index (κ3) is 4.08. The van der Waals surface area contributed by atoms with Gasteiger partial charge >= 0.3 is 5.97 Å². The molecule has 0 fully saturated rings. The van der Waals surface area contributed by atoms with Crippen molar-refractivity contribution in [2.75, 3.05) is 6.54 Å². The number of nitrogens with one attached hydrogen (secondary N) is 1. The summed E-state index contributed by atoms with van der Waals surface area (Å²) in [6.07, 6.45) is 4.07. The number of rotatable bonds is 5. The van der Waals surface area contributed by atoms with E-state index < -0.39 is 5.97 Å². The number of nitrogens with zero attached hydrogens (tertiary/aromatic N) is 1. The minimum absolute atomic E-state index is 0.0723. The second kappa shape index (κ2) is 5.85. The highest BCUT2D eigenvalue weighted by Crippen LogP contribution is 1.94. The Morgan fingerprint density at radius 1 is 1.50 bits per heavy atom. The molecule has 1 heterocycles. The third-order valence-electron chi connectivity index (χ3n) is 2.05. The second-order valence-corrected chi connectivity index (χ2v) is 3.51. The van der Waals surface area contributed by atoms with Crippen molar-refractivity contribution >= 4 is 11.9 Å². The number of aliphatic carboxylic acids is 1. The third-order valence-corrected chi connectivity index (χ3v) is 2.05. The molecule has 1 amide bonds. The van der Waals surface area contributed by atoms with Gasteiger partial charge in [0.15, 0.2) is 12.4 Å². The van der Waals surface area contributed by atoms with E-state index in [0.717, 1.165) is 0 Å². The molecule has 5 heteroatoms. The quantitative estimate of drug-likeness (QED) is 0.549. The maximum atomic E-state index is 11.6. The van der Waals surface area contributed by atoms with Gasteiger partial charge < -0.3 is 10.4 Å². The van der Waals surface area contributed by atoms with Gasteiger partial charge in [0, 0.05) is 19.0 Å². The minimum atomic E-state index is -0.847. The summed E-state index contributed by atoms with van der Waals surface area (Å²) >= 11 is 0. The Kier molecular flexibility index (Phi) is 4.44. The first-order valence-electron chi connectivity index (χ1n) is 5.05. The summed E-state index contributed by atoms with van der Waals surface area (Å²) < 4.78 is 1.78. The average molecular weight is 223 g/mol. The number of carboxylic acids is 1. The van der Waals surface area contributed by atoms with Crippen LogP contribution >= 0.6 is 0 Å². The van der Waals surface area contributed by atoms with Gasteiger partial charge in [-0.05, 0) is 12.5 Å². The fraction of sp³-hybridized carbons (Fsp3) is 0.364. The van der Waals surface area contributed by atoms with Crippen LogP contribution in [-0.4, -0.2) is 23.5 Å². The average Bonchev–Trinajstić information content (AvgIpc) is 2.24. The number of carboxylic acid groups (broad SMARTS) is 1. The van der Waals surface area contributed by atoms with E-state index in [4.69, 9.17) is 5.11 Å². The summed E-state index contributed by atoms with van der Waals surface area (Å²) in [6, 6.07) is 3.50. The smallest absolute Gasteiger partial charge is 0.303 e. The van der Waals surface area contributed by atoms with E-state index in [1.54, 1.807) is 22.9 Å². The van der Waals surface area contributed by atoms with Crippen LogP contribution in [-0.2, 0) is 11.8 Å². The predicted octanol–water partition coefficient (Wildman–Crippen LogP) is 0.106. The molecule has 2 N–H and O–H groups in total. The van der Waals surface area contributed by atoms with Crippen LogP contribution in [0.4, 0.5) is 0 Å². The molecule has 0 spiro atoms. The van der Waals surface area contributed by atoms with E-state index >= 15 is 0 Å². The van der Waals surface area contributed by atoms with Crippen LogP contribution in [0.5, 0.6) is 0 Å². The molecule has 1 aromatic heterocycles. The molecule has 0 aliphatic heterocycles. The molecule has 5 nitrogen and oxygen atoms in total. The van der Waals surface area contributed by atoms with E-state index in [1.807, 2.05) is 13.2 Å². The van der Waals surface area contributed by atoms with Crippen molar-refractivity contribution in [2.45, 2.75) is 12.8 Å². The number of hydrogen-bond acceptors (Lipinski definition) is 2. The molecule has 0 unspecified atom stereocenters. The van der Waals surface area contributed by atoms with Crippen LogP contribution in [0.2, 0.25) is 0 Å². The van der Waals surface area contributed by atoms with Crippen LogP contribution in [0.3, 0.4) is 0 Å². The molecule has 0 aliphatic rings. The van der Waals surface area contributed by atoms with Crippen molar-refractivity contribution < 1.29 is 19.3 Å². The Balaban J connectivity index is 2.38. The molecular formula is C11H15N2O3+. The number of pyridine rings is 1. The molecule has 0 saturated carbocycles. The highest BCUT2D eigenvalue weighted by atomic mass is 16.4. The van der Waals surface area contributed by atoms with Crippen LogP contribution in [0.1, 0.15) is 23.2 Å². The van der Waals surface area contributed by atoms with Crippen molar-refractivity contribution in [3.63, 3.8) is 0 Å². The van der Waals surface area contributed by atoms with Crippen molar-refractivity contribution in [3.05, 3.63) is 30.1 Å². The van der Waals surface area contributed by atoms with Gasteiger partial charge in [0.05, 0.1) is 0 Å². The molecule has 86 valence electrons. The molecule has 0 saturated heterocycles. The number of carbonyl (C=O) groups excluding carboxylic acids is 1. The normalized spacial score (nSPS) is 9.81. The largest absolute Gasteiger partial charge is 0.481 e. The molecule has 0 aliphatic carbocycles. The number of aromatic nitrogens is 1. The number of carbonyl (C=O) groups is 2. The van der Waals surface area contributed by atoms with E-state index in [-0.39, 0.29) is 12.3 Å². The first kappa shape index (κ1) is 12.2. The fourth-order valence-corrected chi connectivity index (χ4v) is 1.27. The molecule has 0 bridgehead atoms. The summed E-state index contributed by atoms with van der Waals surface area (Å²) in [5, 5.41) is 11.1. The zero-order chi connectivity index (χ0) is 12.0. The summed E-state index contributed by atoms with van der Waals surface area (Å²) in [6.45, 7) is 0.379. The molecule has 0 radical (unpaired) electrons. The van der Waals surface area contributed by atoms with Crippen LogP contribution in [0.25, 0.3) is 0 Å². The highest BCUT2D eigenvalue weighted by Gasteiger charge is 2.08. The van der Waals surface area contributed by atoms with Crippen molar-refractivity contribution in [1.82, 2.24) is 5.32 Å². The SMILES string of the molecule is C[n+]1cccc(C(=O)NCCCC(=O)O)c1. The lowest BCUT2D eigenvalue weighted by Gasteiger charge is -2.02. The van der Waals surface area contributed by atoms with Gasteiger partial charge in [0.2, 0.25) is 0 Å². The zero-order valence-corrected chi connectivity index (χ0v) is 9.14. The van der Waals surface area contributed by atoms with Gasteiger partial charge in [-0.3, -0.25) is 9.59 Å². The Hall–Kier alpha value is -1.91. The molecule has 16 heavy (non-hydrogen) atoms. The first-order chi connectivity index (χ1) is 7.59. The Labute approximate surface area is 93.7 Å². The molecule has 0 aromatic carbocycles. The zero-order valence-electron chi connectivity index (χ0n) is 9.14. The summed E-state index contributed by atoms with van der Waals surface area (Å²) in [7, 11) is 1.83. The Morgan fingerprint density at radius 3 is 2.88 bits per heavy atom. The first-order valence-corrected chi connectivity index (χ1v) is 5.05. The van der Waals surface area contributed by atoms with E-state index in [2.05, 4.69) is 5.32 Å². The lowest BCUT2D eigenvalue weighted by molar-refractivity contribution is -0.671. The summed E-state index contributed by atoms with van der Waals surface area (Å²) in [4.78, 5) is 21.8. The maximum Gasteiger partial charge on any atom is 0.303 e. The van der Waals surface area contributed by atoms with Gasteiger partial charge in [-0.2, -0.15) is 0 Å². The Morgan fingerprint density at radius 2 is 2.25 bits per heavy atom. The van der Waals surface area contributed by atoms with Crippen molar-refractivity contribution in [2.24, 2.45) is 7.05 Å². The van der Waals surface area contributed by atoms with E-state index in [9.17, 15) is 9.59 Å². The number of amides is 1. The Bertz CT molecular complexity index is 391. The fourth-order valence-electron chi connectivity index (χ4n) is 1.27. The predicted molar refractivity (Wildman–Crippen MR) is 56.8 cm³/mol. The lowest BCUT2D eigenvalue weighted by atomic mass is 10.2. The van der Waals surface area contributed by atoms with Crippen LogP contribution in [0, 0.1) is 0 Å². The summed E-state index contributed by atoms with van der Waals surface area (Å²) in [5.41, 5.74) is 0.570. The van der Waals surface area contributed by atoms with Gasteiger partial charge in [0.1, 0.15) is 12.6 Å². The second-order valence-electron chi connectivity index (χ2n) is 3.51. The van der Waals surface area contributed by atoms with Crippen molar-refractivity contribution in [1.29, 1.82) is 0 Å². The standard InChI is InChI=1S/C11H14N2O3/c1-13-7-3-4-9(8-13)11(16)12-6-2-5-10(14)15/h3-4,7-8H,2,5-6H2,1H3,(H-,12,14,15,16)/p+1. The number of hydrogen-bond donors (Lipinski definition) is 2. The molecule has 1 rings (SSSR count).